The molecule has 0 aromatic heterocycles. The van der Waals surface area contributed by atoms with Crippen molar-refractivity contribution in [3.05, 3.63) is 101 Å². The molecule has 0 bridgehead atoms. The molecule has 1 aliphatic heterocycles. The Morgan fingerprint density at radius 2 is 1.27 bits per heavy atom. The van der Waals surface area contributed by atoms with E-state index in [0.29, 0.717) is 16.3 Å². The summed E-state index contributed by atoms with van der Waals surface area (Å²) in [6.45, 7) is 6.19. The number of amides is 1. The summed E-state index contributed by atoms with van der Waals surface area (Å²) in [5, 5.41) is 3.40. The molecule has 30 heavy (non-hydrogen) atoms. The molecule has 1 fully saturated rings. The van der Waals surface area contributed by atoms with Gasteiger partial charge in [0.25, 0.3) is 5.91 Å². The molecule has 5 heteroatoms. The van der Waals surface area contributed by atoms with Gasteiger partial charge in [-0.25, -0.2) is 0 Å². The van der Waals surface area contributed by atoms with Crippen LogP contribution < -0.4 is 5.32 Å². The molecule has 1 N–H and O–H groups in total. The predicted molar refractivity (Wildman–Crippen MR) is 123 cm³/mol. The molecular weight excluding hydrogens is 394 g/mol. The molecule has 3 aromatic rings. The summed E-state index contributed by atoms with van der Waals surface area (Å²) in [5.41, 5.74) is 3.85. The number of rotatable bonds is 6. The van der Waals surface area contributed by atoms with Crippen LogP contribution in [0.5, 0.6) is 0 Å². The molecule has 4 nitrogen and oxygen atoms in total. The van der Waals surface area contributed by atoms with Crippen molar-refractivity contribution in [2.75, 3.05) is 31.5 Å². The molecule has 154 valence electrons. The number of nitrogens with one attached hydrogen (secondary N) is 1. The second kappa shape index (κ2) is 9.90. The van der Waals surface area contributed by atoms with Crippen molar-refractivity contribution in [1.82, 2.24) is 9.80 Å². The molecule has 0 radical (unpaired) electrons. The van der Waals surface area contributed by atoms with Crippen molar-refractivity contribution in [2.24, 2.45) is 0 Å². The summed E-state index contributed by atoms with van der Waals surface area (Å²) in [6, 6.07) is 25.7. The zero-order valence-electron chi connectivity index (χ0n) is 16.9. The molecule has 1 saturated heterocycles. The monoisotopic (exact) mass is 419 g/mol. The fourth-order valence-electron chi connectivity index (χ4n) is 3.72. The number of para-hydroxylation sites is 1. The highest BCUT2D eigenvalue weighted by molar-refractivity contribution is 6.33. The first-order valence-corrected chi connectivity index (χ1v) is 10.7. The van der Waals surface area contributed by atoms with E-state index in [0.717, 1.165) is 39.3 Å². The summed E-state index contributed by atoms with van der Waals surface area (Å²) >= 11 is 6.12. The maximum atomic E-state index is 12.5. The zero-order chi connectivity index (χ0) is 20.8. The highest BCUT2D eigenvalue weighted by atomic mass is 35.5. The van der Waals surface area contributed by atoms with Crippen LogP contribution in [0.3, 0.4) is 0 Å². The van der Waals surface area contributed by atoms with Gasteiger partial charge in [-0.15, -0.1) is 0 Å². The Hall–Kier alpha value is -2.66. The minimum Gasteiger partial charge on any atom is -0.321 e. The number of piperazine rings is 1. The van der Waals surface area contributed by atoms with Crippen LogP contribution in [0, 0.1) is 0 Å². The number of hydrogen-bond acceptors (Lipinski definition) is 3. The van der Waals surface area contributed by atoms with Gasteiger partial charge in [-0.3, -0.25) is 14.6 Å². The number of carbonyl (C=O) groups is 1. The van der Waals surface area contributed by atoms with Gasteiger partial charge in [-0.05, 0) is 35.4 Å². The van der Waals surface area contributed by atoms with Crippen LogP contribution in [-0.2, 0) is 13.1 Å². The van der Waals surface area contributed by atoms with Gasteiger partial charge in [0.1, 0.15) is 0 Å². The van der Waals surface area contributed by atoms with Gasteiger partial charge in [0.2, 0.25) is 0 Å². The van der Waals surface area contributed by atoms with Gasteiger partial charge in [0, 0.05) is 44.8 Å². The van der Waals surface area contributed by atoms with Crippen LogP contribution in [-0.4, -0.2) is 41.9 Å². The molecule has 0 spiro atoms. The molecule has 3 aromatic carbocycles. The normalized spacial score (nSPS) is 15.1. The van der Waals surface area contributed by atoms with Gasteiger partial charge in [-0.1, -0.05) is 66.2 Å². The van der Waals surface area contributed by atoms with Crippen molar-refractivity contribution in [3.8, 4) is 0 Å². The van der Waals surface area contributed by atoms with E-state index in [9.17, 15) is 4.79 Å². The summed E-state index contributed by atoms with van der Waals surface area (Å²) in [4.78, 5) is 17.4. The first kappa shape index (κ1) is 20.6. The lowest BCUT2D eigenvalue weighted by Crippen LogP contribution is -2.45. The van der Waals surface area contributed by atoms with E-state index in [1.807, 2.05) is 36.4 Å². The lowest BCUT2D eigenvalue weighted by molar-refractivity contribution is 0.102. The van der Waals surface area contributed by atoms with Crippen molar-refractivity contribution in [3.63, 3.8) is 0 Å². The number of nitrogens with zero attached hydrogens (tertiary/aromatic N) is 2. The van der Waals surface area contributed by atoms with Crippen LogP contribution in [0.2, 0.25) is 5.02 Å². The second-order valence-electron chi connectivity index (χ2n) is 7.67. The Labute approximate surface area is 183 Å². The molecule has 1 aliphatic rings. The summed E-state index contributed by atoms with van der Waals surface area (Å²) in [7, 11) is 0. The molecule has 0 saturated carbocycles. The fraction of sp³-hybridized carbons (Fsp3) is 0.240. The third-order valence-electron chi connectivity index (χ3n) is 5.46. The van der Waals surface area contributed by atoms with E-state index in [2.05, 4.69) is 45.4 Å². The summed E-state index contributed by atoms with van der Waals surface area (Å²) in [5.74, 6) is -0.149. The van der Waals surface area contributed by atoms with E-state index in [1.165, 1.54) is 11.1 Å². The van der Waals surface area contributed by atoms with Crippen LogP contribution in [0.25, 0.3) is 0 Å². The molecule has 0 unspecified atom stereocenters. The lowest BCUT2D eigenvalue weighted by Gasteiger charge is -2.34. The van der Waals surface area contributed by atoms with Gasteiger partial charge in [0.15, 0.2) is 0 Å². The molecule has 4 rings (SSSR count). The maximum Gasteiger partial charge on any atom is 0.255 e. The van der Waals surface area contributed by atoms with Crippen LogP contribution in [0.15, 0.2) is 78.9 Å². The maximum absolute atomic E-state index is 12.5. The van der Waals surface area contributed by atoms with Crippen molar-refractivity contribution < 1.29 is 4.79 Å². The van der Waals surface area contributed by atoms with Crippen LogP contribution in [0.4, 0.5) is 5.69 Å². The van der Waals surface area contributed by atoms with Gasteiger partial charge >= 0.3 is 0 Å². The Balaban J connectivity index is 1.27. The molecule has 1 amide bonds. The Morgan fingerprint density at radius 3 is 1.87 bits per heavy atom. The molecule has 1 heterocycles. The van der Waals surface area contributed by atoms with E-state index in [4.69, 9.17) is 11.6 Å². The van der Waals surface area contributed by atoms with Crippen molar-refractivity contribution >= 4 is 23.2 Å². The van der Waals surface area contributed by atoms with Crippen LogP contribution in [0.1, 0.15) is 21.5 Å². The third kappa shape index (κ3) is 5.48. The number of carbonyl (C=O) groups excluding carboxylic acids is 1. The Bertz CT molecular complexity index is 967. The largest absolute Gasteiger partial charge is 0.321 e. The third-order valence-corrected chi connectivity index (χ3v) is 5.79. The summed E-state index contributed by atoms with van der Waals surface area (Å²) < 4.78 is 0. The highest BCUT2D eigenvalue weighted by Crippen LogP contribution is 2.21. The van der Waals surface area contributed by atoms with E-state index in [1.54, 1.807) is 12.1 Å². The predicted octanol–water partition coefficient (Wildman–Crippen LogP) is 4.91. The van der Waals surface area contributed by atoms with E-state index >= 15 is 0 Å². The minimum absolute atomic E-state index is 0.149. The average Bonchev–Trinajstić information content (AvgIpc) is 2.78. The number of benzene rings is 3. The topological polar surface area (TPSA) is 35.6 Å². The van der Waals surface area contributed by atoms with Gasteiger partial charge < -0.3 is 5.32 Å². The summed E-state index contributed by atoms with van der Waals surface area (Å²) in [6.07, 6.45) is 0. The van der Waals surface area contributed by atoms with Gasteiger partial charge in [0.05, 0.1) is 10.7 Å². The van der Waals surface area contributed by atoms with E-state index in [-0.39, 0.29) is 5.91 Å². The Morgan fingerprint density at radius 1 is 0.733 bits per heavy atom. The quantitative estimate of drug-likeness (QED) is 0.616. The van der Waals surface area contributed by atoms with E-state index < -0.39 is 0 Å². The number of hydrogen-bond donors (Lipinski definition) is 1. The standard InChI is InChI=1S/C25H26ClN3O/c26-23-8-4-5-9-24(23)27-25(30)22-12-10-21(11-13-22)19-29-16-14-28(15-17-29)18-20-6-2-1-3-7-20/h1-13H,14-19H2,(H,27,30). The second-order valence-corrected chi connectivity index (χ2v) is 8.08. The fourth-order valence-corrected chi connectivity index (χ4v) is 3.91. The smallest absolute Gasteiger partial charge is 0.255 e. The van der Waals surface area contributed by atoms with Gasteiger partial charge in [-0.2, -0.15) is 0 Å². The van der Waals surface area contributed by atoms with Crippen molar-refractivity contribution in [2.45, 2.75) is 13.1 Å². The zero-order valence-corrected chi connectivity index (χ0v) is 17.7. The Kier molecular flexibility index (Phi) is 6.80. The molecular formula is C25H26ClN3O. The number of anilines is 1. The van der Waals surface area contributed by atoms with Crippen molar-refractivity contribution in [1.29, 1.82) is 0 Å². The van der Waals surface area contributed by atoms with Crippen LogP contribution >= 0.6 is 11.6 Å². The first-order chi connectivity index (χ1) is 14.7. The first-order valence-electron chi connectivity index (χ1n) is 10.3. The SMILES string of the molecule is O=C(Nc1ccccc1Cl)c1ccc(CN2CCN(Cc3ccccc3)CC2)cc1. The minimum atomic E-state index is -0.149. The molecule has 0 atom stereocenters. The molecule has 0 aliphatic carbocycles. The highest BCUT2D eigenvalue weighted by Gasteiger charge is 2.17. The number of halogens is 1. The lowest BCUT2D eigenvalue weighted by atomic mass is 10.1. The average molecular weight is 420 g/mol.